The summed E-state index contributed by atoms with van der Waals surface area (Å²) >= 11 is 3.47. The van der Waals surface area contributed by atoms with Crippen LogP contribution in [-0.2, 0) is 32.6 Å². The van der Waals surface area contributed by atoms with Crippen LogP contribution in [-0.4, -0.2) is 44.3 Å². The number of anilines is 1. The lowest BCUT2D eigenvalue weighted by Crippen LogP contribution is -2.51. The zero-order chi connectivity index (χ0) is 29.4. The average Bonchev–Trinajstić information content (AvgIpc) is 2.93. The molecule has 0 radical (unpaired) electrons. The fourth-order valence-corrected chi connectivity index (χ4v) is 6.17. The highest BCUT2D eigenvalue weighted by atomic mass is 79.9. The van der Waals surface area contributed by atoms with E-state index in [1.54, 1.807) is 43.3 Å². The van der Waals surface area contributed by atoms with Gasteiger partial charge in [0.15, 0.2) is 0 Å². The molecule has 1 N–H and O–H groups in total. The number of sulfonamides is 1. The molecular formula is C31H38BrN3O4S. The van der Waals surface area contributed by atoms with Crippen molar-refractivity contribution in [3.8, 4) is 0 Å². The highest BCUT2D eigenvalue weighted by molar-refractivity contribution is 9.10. The van der Waals surface area contributed by atoms with Crippen molar-refractivity contribution in [2.24, 2.45) is 5.92 Å². The molecule has 1 atom stereocenters. The first-order valence-electron chi connectivity index (χ1n) is 13.4. The van der Waals surface area contributed by atoms with E-state index >= 15 is 0 Å². The molecular weight excluding hydrogens is 590 g/mol. The molecule has 214 valence electrons. The Hall–Kier alpha value is -3.17. The number of carbonyl (C=O) groups is 2. The van der Waals surface area contributed by atoms with Gasteiger partial charge in [-0.15, -0.1) is 0 Å². The molecule has 0 fully saturated rings. The van der Waals surface area contributed by atoms with Gasteiger partial charge in [0.1, 0.15) is 12.6 Å². The van der Waals surface area contributed by atoms with Crippen LogP contribution in [0, 0.1) is 12.8 Å². The minimum atomic E-state index is -4.10. The topological polar surface area (TPSA) is 86.8 Å². The minimum absolute atomic E-state index is 0.0954. The summed E-state index contributed by atoms with van der Waals surface area (Å²) in [5.74, 6) is -0.529. The molecule has 0 aliphatic carbocycles. The average molecular weight is 629 g/mol. The summed E-state index contributed by atoms with van der Waals surface area (Å²) < 4.78 is 30.1. The fourth-order valence-electron chi connectivity index (χ4n) is 4.27. The zero-order valence-corrected chi connectivity index (χ0v) is 26.1. The molecule has 0 unspecified atom stereocenters. The second-order valence-corrected chi connectivity index (χ2v) is 13.1. The first-order valence-corrected chi connectivity index (χ1v) is 15.7. The molecule has 0 heterocycles. The third-order valence-corrected chi connectivity index (χ3v) is 8.89. The van der Waals surface area contributed by atoms with Gasteiger partial charge in [0, 0.05) is 17.6 Å². The van der Waals surface area contributed by atoms with Gasteiger partial charge in [-0.2, -0.15) is 0 Å². The number of nitrogens with one attached hydrogen (secondary N) is 1. The molecule has 9 heteroatoms. The van der Waals surface area contributed by atoms with E-state index in [1.807, 2.05) is 64.1 Å². The van der Waals surface area contributed by atoms with Gasteiger partial charge >= 0.3 is 0 Å². The maximum Gasteiger partial charge on any atom is 0.264 e. The summed E-state index contributed by atoms with van der Waals surface area (Å²) in [6, 6.07) is 20.4. The molecule has 7 nitrogen and oxygen atoms in total. The van der Waals surface area contributed by atoms with Crippen molar-refractivity contribution in [1.29, 1.82) is 0 Å². The monoisotopic (exact) mass is 627 g/mol. The van der Waals surface area contributed by atoms with Crippen LogP contribution in [0.5, 0.6) is 0 Å². The van der Waals surface area contributed by atoms with E-state index in [9.17, 15) is 18.0 Å². The Labute approximate surface area is 246 Å². The molecule has 0 aliphatic heterocycles. The van der Waals surface area contributed by atoms with Crippen molar-refractivity contribution >= 4 is 43.5 Å². The summed E-state index contributed by atoms with van der Waals surface area (Å²) in [6.45, 7) is 9.64. The van der Waals surface area contributed by atoms with Crippen molar-refractivity contribution in [2.75, 3.05) is 17.4 Å². The standard InChI is InChI=1S/C31H38BrN3O4S/c1-6-26-11-7-8-13-29(26)35(40(38,39)28-16-14-23(4)15-17-28)21-30(36)34(20-25-10-9-12-27(32)18-25)24(5)31(37)33-19-22(2)3/h7-18,22,24H,6,19-21H2,1-5H3,(H,33,37)/t24-/m0/s1. The summed E-state index contributed by atoms with van der Waals surface area (Å²) in [6.07, 6.45) is 0.583. The zero-order valence-electron chi connectivity index (χ0n) is 23.7. The van der Waals surface area contributed by atoms with Crippen LogP contribution in [0.25, 0.3) is 0 Å². The van der Waals surface area contributed by atoms with Crippen molar-refractivity contribution in [3.63, 3.8) is 0 Å². The molecule has 0 saturated heterocycles. The number of rotatable bonds is 12. The lowest BCUT2D eigenvalue weighted by Gasteiger charge is -2.32. The first kappa shape index (κ1) is 31.4. The van der Waals surface area contributed by atoms with Crippen molar-refractivity contribution in [1.82, 2.24) is 10.2 Å². The second kappa shape index (κ2) is 13.9. The maximum absolute atomic E-state index is 14.1. The van der Waals surface area contributed by atoms with Crippen LogP contribution in [0.4, 0.5) is 5.69 Å². The molecule has 0 aromatic heterocycles. The number of halogens is 1. The van der Waals surface area contributed by atoms with Gasteiger partial charge in [-0.25, -0.2) is 8.42 Å². The summed E-state index contributed by atoms with van der Waals surface area (Å²) in [5.41, 5.74) is 2.98. The smallest absolute Gasteiger partial charge is 0.264 e. The van der Waals surface area contributed by atoms with E-state index in [1.165, 1.54) is 9.21 Å². The summed E-state index contributed by atoms with van der Waals surface area (Å²) in [7, 11) is -4.10. The van der Waals surface area contributed by atoms with E-state index in [2.05, 4.69) is 21.2 Å². The quantitative estimate of drug-likeness (QED) is 0.279. The molecule has 0 aliphatic rings. The highest BCUT2D eigenvalue weighted by Crippen LogP contribution is 2.28. The fraction of sp³-hybridized carbons (Fsp3) is 0.355. The third-order valence-electron chi connectivity index (χ3n) is 6.62. The SMILES string of the molecule is CCc1ccccc1N(CC(=O)N(Cc1cccc(Br)c1)[C@@H](C)C(=O)NCC(C)C)S(=O)(=O)c1ccc(C)cc1. The number of hydrogen-bond donors (Lipinski definition) is 1. The van der Waals surface area contributed by atoms with Crippen LogP contribution in [0.15, 0.2) is 82.2 Å². The number of aryl methyl sites for hydroxylation is 2. The number of benzene rings is 3. The molecule has 0 spiro atoms. The van der Waals surface area contributed by atoms with Gasteiger partial charge in [0.25, 0.3) is 10.0 Å². The molecule has 3 aromatic rings. The first-order chi connectivity index (χ1) is 18.9. The molecule has 0 saturated carbocycles. The lowest BCUT2D eigenvalue weighted by atomic mass is 10.1. The molecule has 0 bridgehead atoms. The van der Waals surface area contributed by atoms with E-state index in [4.69, 9.17) is 0 Å². The minimum Gasteiger partial charge on any atom is -0.354 e. The van der Waals surface area contributed by atoms with Crippen LogP contribution in [0.3, 0.4) is 0 Å². The largest absolute Gasteiger partial charge is 0.354 e. The Morgan fingerprint density at radius 1 is 0.950 bits per heavy atom. The Kier molecular flexibility index (Phi) is 10.9. The van der Waals surface area contributed by atoms with Crippen LogP contribution in [0.1, 0.15) is 44.4 Å². The molecule has 40 heavy (non-hydrogen) atoms. The van der Waals surface area contributed by atoms with Crippen molar-refractivity contribution in [3.05, 3.63) is 94.0 Å². The van der Waals surface area contributed by atoms with Crippen molar-refractivity contribution in [2.45, 2.75) is 58.5 Å². The van der Waals surface area contributed by atoms with Gasteiger partial charge in [-0.05, 0) is 67.6 Å². The van der Waals surface area contributed by atoms with Gasteiger partial charge in [-0.1, -0.05) is 84.7 Å². The third kappa shape index (κ3) is 7.95. The number of amides is 2. The molecule has 3 aromatic carbocycles. The number of carbonyl (C=O) groups excluding carboxylic acids is 2. The summed E-state index contributed by atoms with van der Waals surface area (Å²) in [4.78, 5) is 28.7. The van der Waals surface area contributed by atoms with Gasteiger partial charge in [0.05, 0.1) is 10.6 Å². The van der Waals surface area contributed by atoms with Gasteiger partial charge < -0.3 is 10.2 Å². The normalized spacial score (nSPS) is 12.2. The predicted molar refractivity (Wildman–Crippen MR) is 164 cm³/mol. The number of para-hydroxylation sites is 1. The Morgan fingerprint density at radius 2 is 1.62 bits per heavy atom. The van der Waals surface area contributed by atoms with Gasteiger partial charge in [-0.3, -0.25) is 13.9 Å². The van der Waals surface area contributed by atoms with Crippen LogP contribution < -0.4 is 9.62 Å². The lowest BCUT2D eigenvalue weighted by molar-refractivity contribution is -0.139. The van der Waals surface area contributed by atoms with Crippen molar-refractivity contribution < 1.29 is 18.0 Å². The van der Waals surface area contributed by atoms with Crippen LogP contribution in [0.2, 0.25) is 0 Å². The number of hydrogen-bond acceptors (Lipinski definition) is 4. The highest BCUT2D eigenvalue weighted by Gasteiger charge is 2.33. The Bertz CT molecular complexity index is 1420. The van der Waals surface area contributed by atoms with E-state index in [0.29, 0.717) is 18.7 Å². The van der Waals surface area contributed by atoms with E-state index in [0.717, 1.165) is 21.2 Å². The van der Waals surface area contributed by atoms with E-state index < -0.39 is 28.5 Å². The second-order valence-electron chi connectivity index (χ2n) is 10.3. The van der Waals surface area contributed by atoms with E-state index in [-0.39, 0.29) is 23.3 Å². The number of nitrogens with zero attached hydrogens (tertiary/aromatic N) is 2. The Morgan fingerprint density at radius 3 is 2.25 bits per heavy atom. The molecule has 2 amide bonds. The maximum atomic E-state index is 14.1. The van der Waals surface area contributed by atoms with Crippen LogP contribution >= 0.6 is 15.9 Å². The predicted octanol–water partition coefficient (Wildman–Crippen LogP) is 5.70. The molecule has 3 rings (SSSR count). The Balaban J connectivity index is 2.05. The summed E-state index contributed by atoms with van der Waals surface area (Å²) in [5, 5.41) is 2.91. The van der Waals surface area contributed by atoms with Gasteiger partial charge in [0.2, 0.25) is 11.8 Å².